The van der Waals surface area contributed by atoms with Crippen LogP contribution < -0.4 is 5.32 Å². The van der Waals surface area contributed by atoms with Gasteiger partial charge in [-0.3, -0.25) is 0 Å². The fourth-order valence-corrected chi connectivity index (χ4v) is 2.57. The fourth-order valence-electron chi connectivity index (χ4n) is 2.57. The molecule has 0 aliphatic heterocycles. The summed E-state index contributed by atoms with van der Waals surface area (Å²) in [5, 5.41) is 12.9. The highest BCUT2D eigenvalue weighted by Gasteiger charge is 2.25. The van der Waals surface area contributed by atoms with E-state index in [0.29, 0.717) is 0 Å². The molecular weight excluding hydrogens is 292 g/mol. The lowest BCUT2D eigenvalue weighted by atomic mass is 10.0. The second kappa shape index (κ2) is 6.58. The molecule has 0 bridgehead atoms. The van der Waals surface area contributed by atoms with Crippen molar-refractivity contribution in [1.82, 2.24) is 20.2 Å². The van der Waals surface area contributed by atoms with Crippen molar-refractivity contribution in [3.05, 3.63) is 30.1 Å². The van der Waals surface area contributed by atoms with E-state index in [0.717, 1.165) is 16.9 Å². The first-order valence-electron chi connectivity index (χ1n) is 7.86. The smallest absolute Gasteiger partial charge is 0.317 e. The van der Waals surface area contributed by atoms with Gasteiger partial charge in [0.2, 0.25) is 0 Å². The Morgan fingerprint density at radius 2 is 2.04 bits per heavy atom. The van der Waals surface area contributed by atoms with Crippen LogP contribution >= 0.6 is 0 Å². The molecular formula is C17H26N4O2. The quantitative estimate of drug-likeness (QED) is 0.793. The molecule has 2 amide bonds. The number of carbonyl (C=O) groups is 1. The van der Waals surface area contributed by atoms with E-state index in [4.69, 9.17) is 0 Å². The van der Waals surface area contributed by atoms with Crippen LogP contribution in [0.5, 0.6) is 0 Å². The number of likely N-dealkylation sites (N-methyl/N-ethyl adjacent to an activating group) is 1. The number of benzene rings is 1. The predicted octanol–water partition coefficient (Wildman–Crippen LogP) is 2.67. The summed E-state index contributed by atoms with van der Waals surface area (Å²) in [7, 11) is 1.67. The molecule has 2 rings (SSSR count). The number of para-hydroxylation sites is 2. The summed E-state index contributed by atoms with van der Waals surface area (Å²) in [6.07, 6.45) is 0. The van der Waals surface area contributed by atoms with Crippen LogP contribution in [0.3, 0.4) is 0 Å². The maximum atomic E-state index is 12.4. The largest absolute Gasteiger partial charge is 0.389 e. The van der Waals surface area contributed by atoms with Crippen molar-refractivity contribution in [1.29, 1.82) is 0 Å². The number of aliphatic hydroxyl groups is 1. The Morgan fingerprint density at radius 3 is 2.61 bits per heavy atom. The molecule has 0 fully saturated rings. The number of imidazole rings is 1. The Hall–Kier alpha value is -2.08. The Kier molecular flexibility index (Phi) is 4.94. The number of fused-ring (bicyclic) bond motifs is 1. The molecule has 23 heavy (non-hydrogen) atoms. The van der Waals surface area contributed by atoms with Gasteiger partial charge < -0.3 is 20.3 Å². The maximum absolute atomic E-state index is 12.4. The predicted molar refractivity (Wildman–Crippen MR) is 91.1 cm³/mol. The van der Waals surface area contributed by atoms with Crippen LogP contribution in [0, 0.1) is 5.92 Å². The molecule has 3 N–H and O–H groups in total. The molecule has 1 aromatic heterocycles. The van der Waals surface area contributed by atoms with Gasteiger partial charge in [-0.2, -0.15) is 0 Å². The first-order chi connectivity index (χ1) is 10.7. The van der Waals surface area contributed by atoms with Crippen LogP contribution in [0.1, 0.15) is 39.6 Å². The molecule has 6 nitrogen and oxygen atoms in total. The third kappa shape index (κ3) is 4.45. The van der Waals surface area contributed by atoms with Crippen molar-refractivity contribution in [2.75, 3.05) is 13.6 Å². The van der Waals surface area contributed by atoms with Crippen molar-refractivity contribution in [3.8, 4) is 0 Å². The first-order valence-corrected chi connectivity index (χ1v) is 7.86. The van der Waals surface area contributed by atoms with Gasteiger partial charge in [0.05, 0.1) is 29.2 Å². The molecule has 126 valence electrons. The van der Waals surface area contributed by atoms with Gasteiger partial charge >= 0.3 is 6.03 Å². The van der Waals surface area contributed by atoms with Gasteiger partial charge in [0.15, 0.2) is 0 Å². The summed E-state index contributed by atoms with van der Waals surface area (Å²) >= 11 is 0. The molecule has 0 aliphatic carbocycles. The molecule has 0 saturated carbocycles. The average molecular weight is 318 g/mol. The number of carbonyl (C=O) groups excluding carboxylic acids is 1. The van der Waals surface area contributed by atoms with E-state index >= 15 is 0 Å². The number of H-pyrrole nitrogens is 1. The van der Waals surface area contributed by atoms with Crippen LogP contribution in [0.15, 0.2) is 24.3 Å². The molecule has 2 aromatic rings. The molecule has 1 atom stereocenters. The third-order valence-corrected chi connectivity index (χ3v) is 3.62. The average Bonchev–Trinajstić information content (AvgIpc) is 2.85. The SMILES string of the molecule is CC(C)C(NC(=O)N(C)CC(C)(C)O)c1nc2ccccc2[nH]1. The maximum Gasteiger partial charge on any atom is 0.317 e. The Labute approximate surface area is 136 Å². The highest BCUT2D eigenvalue weighted by atomic mass is 16.3. The van der Waals surface area contributed by atoms with Gasteiger partial charge in [0.25, 0.3) is 0 Å². The minimum absolute atomic E-state index is 0.176. The van der Waals surface area contributed by atoms with E-state index in [1.165, 1.54) is 4.90 Å². The van der Waals surface area contributed by atoms with E-state index in [1.54, 1.807) is 20.9 Å². The molecule has 0 spiro atoms. The number of aromatic nitrogens is 2. The number of aromatic amines is 1. The monoisotopic (exact) mass is 318 g/mol. The molecule has 1 unspecified atom stereocenters. The molecule has 0 aliphatic rings. The zero-order chi connectivity index (χ0) is 17.2. The van der Waals surface area contributed by atoms with Gasteiger partial charge in [-0.05, 0) is 31.9 Å². The third-order valence-electron chi connectivity index (χ3n) is 3.62. The highest BCUT2D eigenvalue weighted by Crippen LogP contribution is 2.22. The van der Waals surface area contributed by atoms with Crippen LogP contribution in [0.4, 0.5) is 4.79 Å². The van der Waals surface area contributed by atoms with E-state index in [-0.39, 0.29) is 24.5 Å². The van der Waals surface area contributed by atoms with E-state index in [1.807, 2.05) is 38.1 Å². The normalized spacial score (nSPS) is 13.3. The van der Waals surface area contributed by atoms with Crippen molar-refractivity contribution in [2.24, 2.45) is 5.92 Å². The lowest BCUT2D eigenvalue weighted by Gasteiger charge is -2.28. The standard InChI is InChI=1S/C17H26N4O2/c1-11(2)14(20-16(22)21(5)10-17(3,4)23)15-18-12-8-6-7-9-13(12)19-15/h6-9,11,14,23H,10H2,1-5H3,(H,18,19)(H,20,22). The summed E-state index contributed by atoms with van der Waals surface area (Å²) in [4.78, 5) is 21.7. The van der Waals surface area contributed by atoms with Gasteiger partial charge in [0, 0.05) is 7.05 Å². The van der Waals surface area contributed by atoms with Gasteiger partial charge in [0.1, 0.15) is 5.82 Å². The van der Waals surface area contributed by atoms with Crippen molar-refractivity contribution in [2.45, 2.75) is 39.3 Å². The summed E-state index contributed by atoms with van der Waals surface area (Å²) in [6, 6.07) is 7.34. The summed E-state index contributed by atoms with van der Waals surface area (Å²) in [6.45, 7) is 7.68. The molecule has 6 heteroatoms. The summed E-state index contributed by atoms with van der Waals surface area (Å²) in [5.74, 6) is 0.918. The minimum atomic E-state index is -0.932. The minimum Gasteiger partial charge on any atom is -0.389 e. The number of hydrogen-bond donors (Lipinski definition) is 3. The van der Waals surface area contributed by atoms with Crippen molar-refractivity contribution in [3.63, 3.8) is 0 Å². The van der Waals surface area contributed by atoms with Crippen molar-refractivity contribution >= 4 is 17.1 Å². The number of amides is 2. The van der Waals surface area contributed by atoms with E-state index in [2.05, 4.69) is 15.3 Å². The van der Waals surface area contributed by atoms with Gasteiger partial charge in [-0.25, -0.2) is 9.78 Å². The summed E-state index contributed by atoms with van der Waals surface area (Å²) in [5.41, 5.74) is 0.901. The van der Waals surface area contributed by atoms with Crippen molar-refractivity contribution < 1.29 is 9.90 Å². The zero-order valence-corrected chi connectivity index (χ0v) is 14.4. The summed E-state index contributed by atoms with van der Waals surface area (Å²) < 4.78 is 0. The Bertz CT molecular complexity index is 640. The topological polar surface area (TPSA) is 81.2 Å². The zero-order valence-electron chi connectivity index (χ0n) is 14.4. The molecule has 0 saturated heterocycles. The second-order valence-corrected chi connectivity index (χ2v) is 6.98. The lowest BCUT2D eigenvalue weighted by molar-refractivity contribution is 0.0525. The number of urea groups is 1. The molecule has 1 aromatic carbocycles. The number of nitrogens with one attached hydrogen (secondary N) is 2. The number of hydrogen-bond acceptors (Lipinski definition) is 3. The highest BCUT2D eigenvalue weighted by molar-refractivity contribution is 5.76. The van der Waals surface area contributed by atoms with Crippen LogP contribution in [-0.2, 0) is 0 Å². The number of rotatable bonds is 5. The van der Waals surface area contributed by atoms with Gasteiger partial charge in [-0.1, -0.05) is 26.0 Å². The fraction of sp³-hybridized carbons (Fsp3) is 0.529. The van der Waals surface area contributed by atoms with Crippen LogP contribution in [0.2, 0.25) is 0 Å². The first kappa shape index (κ1) is 17.3. The Morgan fingerprint density at radius 1 is 1.39 bits per heavy atom. The number of nitrogens with zero attached hydrogens (tertiary/aromatic N) is 2. The van der Waals surface area contributed by atoms with Crippen LogP contribution in [0.25, 0.3) is 11.0 Å². The van der Waals surface area contributed by atoms with E-state index in [9.17, 15) is 9.90 Å². The van der Waals surface area contributed by atoms with E-state index < -0.39 is 5.60 Å². The van der Waals surface area contributed by atoms with Crippen LogP contribution in [-0.4, -0.2) is 45.2 Å². The Balaban J connectivity index is 2.17. The van der Waals surface area contributed by atoms with Gasteiger partial charge in [-0.15, -0.1) is 0 Å². The lowest BCUT2D eigenvalue weighted by Crippen LogP contribution is -2.46. The molecule has 1 heterocycles. The molecule has 0 radical (unpaired) electrons. The second-order valence-electron chi connectivity index (χ2n) is 6.98.